The monoisotopic (exact) mass is 478 g/mol. The van der Waals surface area contributed by atoms with Crippen LogP contribution in [0.15, 0.2) is 69.7 Å². The Hall–Kier alpha value is -3.12. The van der Waals surface area contributed by atoms with Crippen molar-refractivity contribution in [3.63, 3.8) is 0 Å². The normalized spacial score (nSPS) is 11.1. The van der Waals surface area contributed by atoms with Gasteiger partial charge in [-0.15, -0.1) is 0 Å². The second-order valence-electron chi connectivity index (χ2n) is 7.70. The van der Waals surface area contributed by atoms with Crippen LogP contribution in [-0.2, 0) is 6.61 Å². The quantitative estimate of drug-likeness (QED) is 0.328. The van der Waals surface area contributed by atoms with Gasteiger partial charge in [0.2, 0.25) is 0 Å². The summed E-state index contributed by atoms with van der Waals surface area (Å²) in [5, 5.41) is 3.81. The highest BCUT2D eigenvalue weighted by atomic mass is 79.9. The Morgan fingerprint density at radius 1 is 1.16 bits per heavy atom. The summed E-state index contributed by atoms with van der Waals surface area (Å²) >= 11 is 3.52. The molecule has 0 bridgehead atoms. The Kier molecular flexibility index (Phi) is 6.09. The second kappa shape index (κ2) is 8.94. The molecule has 5 nitrogen and oxygen atoms in total. The van der Waals surface area contributed by atoms with Crippen molar-refractivity contribution in [2.75, 3.05) is 5.32 Å². The molecule has 0 aliphatic heterocycles. The fourth-order valence-electron chi connectivity index (χ4n) is 3.39. The minimum atomic E-state index is -0.334. The number of aromatic nitrogens is 1. The van der Waals surface area contributed by atoms with Crippen molar-refractivity contribution in [3.05, 3.63) is 87.9 Å². The van der Waals surface area contributed by atoms with E-state index in [2.05, 4.69) is 52.2 Å². The number of anilines is 1. The van der Waals surface area contributed by atoms with Crippen LogP contribution in [0.2, 0.25) is 0 Å². The van der Waals surface area contributed by atoms with Crippen LogP contribution < -0.4 is 10.1 Å². The van der Waals surface area contributed by atoms with E-state index in [1.807, 2.05) is 37.3 Å². The van der Waals surface area contributed by atoms with Crippen molar-refractivity contribution in [2.45, 2.75) is 33.3 Å². The number of ether oxygens (including phenoxy) is 1. The molecule has 4 rings (SSSR count). The number of carbonyl (C=O) groups is 1. The number of carbonyl (C=O) groups excluding carboxylic acids is 1. The van der Waals surface area contributed by atoms with Gasteiger partial charge in [-0.25, -0.2) is 0 Å². The summed E-state index contributed by atoms with van der Waals surface area (Å²) in [5.74, 6) is 1.66. The van der Waals surface area contributed by atoms with Crippen LogP contribution in [0.25, 0.3) is 10.9 Å². The first-order valence-electron chi connectivity index (χ1n) is 10.1. The SMILES string of the molecule is Cc1ccc(C(C)C)c(OCc2ccc(C(=O)Nc3ccc(Br)c4cccnc34)o2)c1. The number of amides is 1. The molecule has 0 spiro atoms. The molecule has 0 unspecified atom stereocenters. The first-order valence-corrected chi connectivity index (χ1v) is 10.9. The minimum Gasteiger partial charge on any atom is -0.485 e. The van der Waals surface area contributed by atoms with Crippen molar-refractivity contribution in [3.8, 4) is 5.75 Å². The van der Waals surface area contributed by atoms with E-state index in [-0.39, 0.29) is 18.3 Å². The van der Waals surface area contributed by atoms with E-state index in [9.17, 15) is 4.79 Å². The van der Waals surface area contributed by atoms with Crippen molar-refractivity contribution in [2.24, 2.45) is 0 Å². The molecule has 0 saturated heterocycles. The molecule has 2 heterocycles. The number of rotatable bonds is 6. The summed E-state index contributed by atoms with van der Waals surface area (Å²) in [6.45, 7) is 6.55. The lowest BCUT2D eigenvalue weighted by Gasteiger charge is -2.14. The van der Waals surface area contributed by atoms with Gasteiger partial charge in [0.05, 0.1) is 11.2 Å². The molecule has 6 heteroatoms. The Morgan fingerprint density at radius 3 is 2.81 bits per heavy atom. The molecule has 158 valence electrons. The fourth-order valence-corrected chi connectivity index (χ4v) is 3.84. The van der Waals surface area contributed by atoms with Gasteiger partial charge < -0.3 is 14.5 Å². The number of aryl methyl sites for hydroxylation is 1. The highest BCUT2D eigenvalue weighted by Gasteiger charge is 2.15. The first-order chi connectivity index (χ1) is 14.9. The van der Waals surface area contributed by atoms with Crippen LogP contribution in [0, 0.1) is 6.92 Å². The zero-order valence-corrected chi connectivity index (χ0v) is 19.2. The van der Waals surface area contributed by atoms with Crippen molar-refractivity contribution < 1.29 is 13.9 Å². The molecular formula is C25H23BrN2O3. The van der Waals surface area contributed by atoms with E-state index in [4.69, 9.17) is 9.15 Å². The molecule has 0 saturated carbocycles. The highest BCUT2D eigenvalue weighted by Crippen LogP contribution is 2.30. The standard InChI is InChI=1S/C25H23BrN2O3/c1-15(2)18-8-6-16(3)13-23(18)30-14-17-7-11-22(31-17)25(29)28-21-10-9-20(26)19-5-4-12-27-24(19)21/h4-13,15H,14H2,1-3H3,(H,28,29). The average molecular weight is 479 g/mol. The number of pyridine rings is 1. The number of hydrogen-bond acceptors (Lipinski definition) is 4. The summed E-state index contributed by atoms with van der Waals surface area (Å²) < 4.78 is 12.7. The van der Waals surface area contributed by atoms with E-state index in [0.29, 0.717) is 22.9 Å². The fraction of sp³-hybridized carbons (Fsp3) is 0.200. The predicted octanol–water partition coefficient (Wildman–Crippen LogP) is 6.85. The zero-order valence-electron chi connectivity index (χ0n) is 17.6. The Labute approximate surface area is 189 Å². The third kappa shape index (κ3) is 4.64. The van der Waals surface area contributed by atoms with Gasteiger partial charge >= 0.3 is 0 Å². The Bertz CT molecular complexity index is 1250. The maximum Gasteiger partial charge on any atom is 0.291 e. The number of hydrogen-bond donors (Lipinski definition) is 1. The topological polar surface area (TPSA) is 64.4 Å². The van der Waals surface area contributed by atoms with Crippen LogP contribution in [0.3, 0.4) is 0 Å². The molecule has 1 amide bonds. The van der Waals surface area contributed by atoms with Crippen LogP contribution >= 0.6 is 15.9 Å². The number of furan rings is 1. The third-order valence-corrected chi connectivity index (χ3v) is 5.70. The number of nitrogens with one attached hydrogen (secondary N) is 1. The smallest absolute Gasteiger partial charge is 0.291 e. The summed E-state index contributed by atoms with van der Waals surface area (Å²) in [6, 6.07) is 17.1. The number of fused-ring (bicyclic) bond motifs is 1. The predicted molar refractivity (Wildman–Crippen MR) is 126 cm³/mol. The Balaban J connectivity index is 1.48. The van der Waals surface area contributed by atoms with Gasteiger partial charge in [-0.1, -0.05) is 48.0 Å². The third-order valence-electron chi connectivity index (χ3n) is 5.01. The lowest BCUT2D eigenvalue weighted by atomic mass is 10.0. The van der Waals surface area contributed by atoms with Gasteiger partial charge in [0.15, 0.2) is 5.76 Å². The van der Waals surface area contributed by atoms with E-state index >= 15 is 0 Å². The maximum absolute atomic E-state index is 12.7. The van der Waals surface area contributed by atoms with E-state index in [1.165, 1.54) is 0 Å². The molecule has 0 aliphatic carbocycles. The van der Waals surface area contributed by atoms with Crippen LogP contribution in [0.1, 0.15) is 47.2 Å². The molecule has 0 fully saturated rings. The summed E-state index contributed by atoms with van der Waals surface area (Å²) in [4.78, 5) is 17.1. The Morgan fingerprint density at radius 2 is 2.00 bits per heavy atom. The van der Waals surface area contributed by atoms with Crippen LogP contribution in [-0.4, -0.2) is 10.9 Å². The second-order valence-corrected chi connectivity index (χ2v) is 8.55. The molecule has 1 N–H and O–H groups in total. The van der Waals surface area contributed by atoms with Gasteiger partial charge in [-0.05, 0) is 60.4 Å². The van der Waals surface area contributed by atoms with Gasteiger partial charge in [0.1, 0.15) is 18.1 Å². The summed E-state index contributed by atoms with van der Waals surface area (Å²) in [7, 11) is 0. The molecular weight excluding hydrogens is 456 g/mol. The molecule has 2 aromatic carbocycles. The number of halogens is 1. The number of benzene rings is 2. The lowest BCUT2D eigenvalue weighted by molar-refractivity contribution is 0.0992. The summed E-state index contributed by atoms with van der Waals surface area (Å²) in [6.07, 6.45) is 1.70. The van der Waals surface area contributed by atoms with Gasteiger partial charge in [0.25, 0.3) is 5.91 Å². The van der Waals surface area contributed by atoms with Crippen molar-refractivity contribution in [1.29, 1.82) is 0 Å². The van der Waals surface area contributed by atoms with Gasteiger partial charge in [0, 0.05) is 16.1 Å². The molecule has 0 atom stereocenters. The van der Waals surface area contributed by atoms with Crippen molar-refractivity contribution >= 4 is 38.4 Å². The minimum absolute atomic E-state index is 0.221. The number of nitrogens with zero attached hydrogens (tertiary/aromatic N) is 1. The van der Waals surface area contributed by atoms with E-state index in [0.717, 1.165) is 26.7 Å². The highest BCUT2D eigenvalue weighted by molar-refractivity contribution is 9.10. The van der Waals surface area contributed by atoms with Crippen LogP contribution in [0.4, 0.5) is 5.69 Å². The van der Waals surface area contributed by atoms with Gasteiger partial charge in [-0.3, -0.25) is 9.78 Å². The van der Waals surface area contributed by atoms with Crippen molar-refractivity contribution in [1.82, 2.24) is 4.98 Å². The molecule has 4 aromatic rings. The maximum atomic E-state index is 12.7. The largest absolute Gasteiger partial charge is 0.485 e. The zero-order chi connectivity index (χ0) is 22.0. The molecule has 0 aliphatic rings. The lowest BCUT2D eigenvalue weighted by Crippen LogP contribution is -2.11. The van der Waals surface area contributed by atoms with Gasteiger partial charge in [-0.2, -0.15) is 0 Å². The molecule has 31 heavy (non-hydrogen) atoms. The summed E-state index contributed by atoms with van der Waals surface area (Å²) in [5.41, 5.74) is 3.61. The van der Waals surface area contributed by atoms with E-state index in [1.54, 1.807) is 18.3 Å². The average Bonchev–Trinajstić information content (AvgIpc) is 3.23. The molecule has 0 radical (unpaired) electrons. The van der Waals surface area contributed by atoms with E-state index < -0.39 is 0 Å². The first kappa shape index (κ1) is 21.1. The molecule has 2 aromatic heterocycles. The van der Waals surface area contributed by atoms with Crippen LogP contribution in [0.5, 0.6) is 5.75 Å².